The summed E-state index contributed by atoms with van der Waals surface area (Å²) in [6, 6.07) is 3.88. The van der Waals surface area contributed by atoms with Crippen molar-refractivity contribution in [3.05, 3.63) is 29.6 Å². The van der Waals surface area contributed by atoms with Crippen LogP contribution in [0.15, 0.2) is 18.3 Å². The Hall–Kier alpha value is -0.970. The van der Waals surface area contributed by atoms with Crippen LogP contribution in [-0.2, 0) is 11.3 Å². The van der Waals surface area contributed by atoms with Crippen LogP contribution in [0.2, 0.25) is 0 Å². The molecule has 1 saturated heterocycles. The van der Waals surface area contributed by atoms with E-state index in [-0.39, 0.29) is 12.6 Å². The van der Waals surface area contributed by atoms with Gasteiger partial charge in [0.05, 0.1) is 31.6 Å². The number of hydrogen-bond donors (Lipinski definition) is 2. The molecule has 0 spiro atoms. The molecular formula is C10H14N2O2. The van der Waals surface area contributed by atoms with Crippen LogP contribution in [0.3, 0.4) is 0 Å². The predicted molar refractivity (Wildman–Crippen MR) is 51.7 cm³/mol. The van der Waals surface area contributed by atoms with E-state index >= 15 is 0 Å². The van der Waals surface area contributed by atoms with Gasteiger partial charge in [-0.25, -0.2) is 0 Å². The number of aliphatic hydroxyl groups is 1. The first-order chi connectivity index (χ1) is 6.90. The molecule has 2 N–H and O–H groups in total. The molecule has 0 aromatic carbocycles. The molecule has 1 aliphatic rings. The van der Waals surface area contributed by atoms with Crippen molar-refractivity contribution in [3.63, 3.8) is 0 Å². The van der Waals surface area contributed by atoms with E-state index in [1.807, 2.05) is 12.1 Å². The molecule has 0 amide bonds. The molecule has 4 nitrogen and oxygen atoms in total. The summed E-state index contributed by atoms with van der Waals surface area (Å²) >= 11 is 0. The first-order valence-electron chi connectivity index (χ1n) is 4.77. The lowest BCUT2D eigenvalue weighted by Gasteiger charge is -2.23. The summed E-state index contributed by atoms with van der Waals surface area (Å²) in [6.07, 6.45) is 1.72. The van der Waals surface area contributed by atoms with Gasteiger partial charge >= 0.3 is 0 Å². The molecule has 0 saturated carbocycles. The van der Waals surface area contributed by atoms with Gasteiger partial charge < -0.3 is 15.2 Å². The molecule has 0 aliphatic carbocycles. The van der Waals surface area contributed by atoms with Crippen molar-refractivity contribution in [3.8, 4) is 0 Å². The number of rotatable bonds is 2. The molecule has 76 valence electrons. The normalized spacial score (nSPS) is 22.2. The van der Waals surface area contributed by atoms with Gasteiger partial charge in [0, 0.05) is 12.7 Å². The lowest BCUT2D eigenvalue weighted by atomic mass is 10.1. The summed E-state index contributed by atoms with van der Waals surface area (Å²) in [5.74, 6) is 0. The fraction of sp³-hybridized carbons (Fsp3) is 0.500. The summed E-state index contributed by atoms with van der Waals surface area (Å²) in [4.78, 5) is 4.26. The Kier molecular flexibility index (Phi) is 3.08. The van der Waals surface area contributed by atoms with Gasteiger partial charge in [0.25, 0.3) is 0 Å². The predicted octanol–water partition coefficient (Wildman–Crippen LogP) is 0.235. The average molecular weight is 194 g/mol. The summed E-state index contributed by atoms with van der Waals surface area (Å²) in [5.41, 5.74) is 1.83. The largest absolute Gasteiger partial charge is 0.392 e. The fourth-order valence-electron chi connectivity index (χ4n) is 1.54. The van der Waals surface area contributed by atoms with Crippen LogP contribution in [0.25, 0.3) is 0 Å². The standard InChI is InChI=1S/C10H14N2O2/c13-6-8-1-2-11-9(5-8)10-7-14-4-3-12-10/h1-2,5,10,12-13H,3-4,6-7H2. The zero-order chi connectivity index (χ0) is 9.80. The minimum Gasteiger partial charge on any atom is -0.392 e. The van der Waals surface area contributed by atoms with Crippen molar-refractivity contribution in [2.75, 3.05) is 19.8 Å². The zero-order valence-corrected chi connectivity index (χ0v) is 7.94. The molecule has 14 heavy (non-hydrogen) atoms. The maximum atomic E-state index is 8.98. The van der Waals surface area contributed by atoms with Gasteiger partial charge in [-0.2, -0.15) is 0 Å². The molecule has 0 radical (unpaired) electrons. The highest BCUT2D eigenvalue weighted by atomic mass is 16.5. The smallest absolute Gasteiger partial charge is 0.0733 e. The highest BCUT2D eigenvalue weighted by Gasteiger charge is 2.16. The van der Waals surface area contributed by atoms with Gasteiger partial charge in [0.2, 0.25) is 0 Å². The Morgan fingerprint density at radius 3 is 3.29 bits per heavy atom. The maximum Gasteiger partial charge on any atom is 0.0733 e. The van der Waals surface area contributed by atoms with Crippen LogP contribution in [0, 0.1) is 0 Å². The maximum absolute atomic E-state index is 8.98. The van der Waals surface area contributed by atoms with E-state index in [0.717, 1.165) is 24.4 Å². The van der Waals surface area contributed by atoms with E-state index in [1.54, 1.807) is 6.20 Å². The number of nitrogens with zero attached hydrogens (tertiary/aromatic N) is 1. The van der Waals surface area contributed by atoms with Crippen molar-refractivity contribution in [1.29, 1.82) is 0 Å². The van der Waals surface area contributed by atoms with Gasteiger partial charge in [-0.3, -0.25) is 4.98 Å². The lowest BCUT2D eigenvalue weighted by molar-refractivity contribution is 0.0755. The second kappa shape index (κ2) is 4.50. The zero-order valence-electron chi connectivity index (χ0n) is 7.94. The summed E-state index contributed by atoms with van der Waals surface area (Å²) < 4.78 is 5.35. The van der Waals surface area contributed by atoms with E-state index in [2.05, 4.69) is 10.3 Å². The van der Waals surface area contributed by atoms with Crippen LogP contribution in [0.5, 0.6) is 0 Å². The number of ether oxygens (including phenoxy) is 1. The van der Waals surface area contributed by atoms with E-state index < -0.39 is 0 Å². The van der Waals surface area contributed by atoms with E-state index in [0.29, 0.717) is 6.61 Å². The minimum atomic E-state index is 0.0586. The molecule has 1 atom stereocenters. The summed E-state index contributed by atoms with van der Waals surface area (Å²) in [6.45, 7) is 2.33. The number of morpholine rings is 1. The molecular weight excluding hydrogens is 180 g/mol. The minimum absolute atomic E-state index is 0.0586. The van der Waals surface area contributed by atoms with Crippen LogP contribution in [0.1, 0.15) is 17.3 Å². The first-order valence-corrected chi connectivity index (χ1v) is 4.77. The van der Waals surface area contributed by atoms with Crippen LogP contribution in [0.4, 0.5) is 0 Å². The average Bonchev–Trinajstić information content (AvgIpc) is 2.30. The number of pyridine rings is 1. The molecule has 0 bridgehead atoms. The van der Waals surface area contributed by atoms with Crippen molar-refractivity contribution in [2.24, 2.45) is 0 Å². The molecule has 1 fully saturated rings. The van der Waals surface area contributed by atoms with Gasteiger partial charge in [-0.05, 0) is 17.7 Å². The third-order valence-corrected chi connectivity index (χ3v) is 2.31. The van der Waals surface area contributed by atoms with Gasteiger partial charge in [0.15, 0.2) is 0 Å². The Balaban J connectivity index is 2.13. The molecule has 1 aromatic rings. The third-order valence-electron chi connectivity index (χ3n) is 2.31. The van der Waals surface area contributed by atoms with Crippen LogP contribution >= 0.6 is 0 Å². The highest BCUT2D eigenvalue weighted by molar-refractivity contribution is 5.18. The van der Waals surface area contributed by atoms with Crippen molar-refractivity contribution < 1.29 is 9.84 Å². The number of aromatic nitrogens is 1. The Labute approximate surface area is 82.9 Å². The SMILES string of the molecule is OCc1ccnc(C2COCCN2)c1. The first kappa shape index (κ1) is 9.58. The lowest BCUT2D eigenvalue weighted by Crippen LogP contribution is -2.35. The second-order valence-corrected chi connectivity index (χ2v) is 3.33. The summed E-state index contributed by atoms with van der Waals surface area (Å²) in [7, 11) is 0. The van der Waals surface area contributed by atoms with E-state index in [9.17, 15) is 0 Å². The number of aliphatic hydroxyl groups excluding tert-OH is 1. The molecule has 1 unspecified atom stereocenters. The van der Waals surface area contributed by atoms with Crippen molar-refractivity contribution in [1.82, 2.24) is 10.3 Å². The monoisotopic (exact) mass is 194 g/mol. The molecule has 1 aromatic heterocycles. The van der Waals surface area contributed by atoms with Crippen LogP contribution in [-0.4, -0.2) is 29.8 Å². The van der Waals surface area contributed by atoms with E-state index in [1.165, 1.54) is 0 Å². The molecule has 2 heterocycles. The van der Waals surface area contributed by atoms with Gasteiger partial charge in [-0.1, -0.05) is 0 Å². The highest BCUT2D eigenvalue weighted by Crippen LogP contribution is 2.14. The topological polar surface area (TPSA) is 54.4 Å². The molecule has 4 heteroatoms. The number of nitrogens with one attached hydrogen (secondary N) is 1. The fourth-order valence-corrected chi connectivity index (χ4v) is 1.54. The third kappa shape index (κ3) is 2.09. The van der Waals surface area contributed by atoms with E-state index in [4.69, 9.17) is 9.84 Å². The quantitative estimate of drug-likeness (QED) is 0.708. The Morgan fingerprint density at radius 2 is 2.57 bits per heavy atom. The summed E-state index contributed by atoms with van der Waals surface area (Å²) in [5, 5.41) is 12.3. The molecule has 1 aliphatic heterocycles. The second-order valence-electron chi connectivity index (χ2n) is 3.33. The van der Waals surface area contributed by atoms with Crippen molar-refractivity contribution in [2.45, 2.75) is 12.6 Å². The number of hydrogen-bond acceptors (Lipinski definition) is 4. The van der Waals surface area contributed by atoms with Gasteiger partial charge in [0.1, 0.15) is 0 Å². The van der Waals surface area contributed by atoms with Gasteiger partial charge in [-0.15, -0.1) is 0 Å². The van der Waals surface area contributed by atoms with Crippen LogP contribution < -0.4 is 5.32 Å². The Morgan fingerprint density at radius 1 is 1.64 bits per heavy atom. The Bertz CT molecular complexity index is 298. The molecule has 2 rings (SSSR count). The van der Waals surface area contributed by atoms with Crippen molar-refractivity contribution >= 4 is 0 Å².